The Hall–Kier alpha value is -2.99. The number of hydrogen-bond acceptors (Lipinski definition) is 5. The molecule has 0 bridgehead atoms. The number of methoxy groups -OCH3 is 1. The Morgan fingerprint density at radius 2 is 1.97 bits per heavy atom. The molecular weight excluding hydrogens is 478 g/mol. The lowest BCUT2D eigenvalue weighted by Gasteiger charge is -2.07. The zero-order chi connectivity index (χ0) is 22.4. The maximum absolute atomic E-state index is 13.4. The summed E-state index contributed by atoms with van der Waals surface area (Å²) in [5, 5.41) is 12.4. The highest BCUT2D eigenvalue weighted by molar-refractivity contribution is 9.10. The van der Waals surface area contributed by atoms with Gasteiger partial charge in [0, 0.05) is 18.1 Å². The fraction of sp³-hybridized carbons (Fsp3) is 0.174. The van der Waals surface area contributed by atoms with Crippen molar-refractivity contribution in [2.45, 2.75) is 6.92 Å². The van der Waals surface area contributed by atoms with Crippen LogP contribution < -0.4 is 20.1 Å². The van der Waals surface area contributed by atoms with Crippen LogP contribution in [-0.2, 0) is 9.53 Å². The number of aromatic nitrogens is 1. The van der Waals surface area contributed by atoms with Crippen molar-refractivity contribution in [1.82, 2.24) is 9.88 Å². The first-order valence-electron chi connectivity index (χ1n) is 9.43. The quantitative estimate of drug-likeness (QED) is 0.529. The van der Waals surface area contributed by atoms with Crippen LogP contribution in [0.4, 0.5) is 0 Å². The number of aryl methyl sites for hydroxylation is 1. The van der Waals surface area contributed by atoms with Crippen molar-refractivity contribution >= 4 is 44.8 Å². The monoisotopic (exact) mass is 497 g/mol. The first kappa shape index (κ1) is 22.7. The Morgan fingerprint density at radius 3 is 2.65 bits per heavy atom. The van der Waals surface area contributed by atoms with Gasteiger partial charge in [0.1, 0.15) is 10.7 Å². The molecule has 0 saturated heterocycles. The van der Waals surface area contributed by atoms with Crippen molar-refractivity contribution in [3.8, 4) is 11.8 Å². The van der Waals surface area contributed by atoms with Gasteiger partial charge in [-0.25, -0.2) is 0 Å². The molecule has 1 amide bonds. The first-order chi connectivity index (χ1) is 15.0. The molecule has 0 aliphatic rings. The van der Waals surface area contributed by atoms with E-state index in [1.807, 2.05) is 55.5 Å². The first-order valence-corrected chi connectivity index (χ1v) is 11.0. The van der Waals surface area contributed by atoms with Gasteiger partial charge >= 0.3 is 0 Å². The summed E-state index contributed by atoms with van der Waals surface area (Å²) in [5.74, 6) is -0.546. The predicted molar refractivity (Wildman–Crippen MR) is 126 cm³/mol. The molecule has 1 N–H and O–H groups in total. The number of halogens is 1. The van der Waals surface area contributed by atoms with E-state index in [9.17, 15) is 14.9 Å². The van der Waals surface area contributed by atoms with Gasteiger partial charge < -0.3 is 10.1 Å². The second kappa shape index (κ2) is 10.4. The number of thiazole rings is 1. The Kier molecular flexibility index (Phi) is 7.58. The third-order valence-corrected chi connectivity index (χ3v) is 6.33. The standard InChI is InChI=1S/C23H20BrN3O3S/c1-15-7-3-6-10-19(15)27-22(29)20(13-16-8-4-5-9-18(16)24)31-23(27)17(14-25)21(28)26-11-12-30-2/h3-10,13H,11-12H2,1-2H3,(H,26,28)/b20-13-,23-17-. The second-order valence-corrected chi connectivity index (χ2v) is 8.48. The molecule has 0 atom stereocenters. The third kappa shape index (κ3) is 5.02. The van der Waals surface area contributed by atoms with Crippen LogP contribution in [0.3, 0.4) is 0 Å². The summed E-state index contributed by atoms with van der Waals surface area (Å²) in [7, 11) is 1.53. The number of rotatable bonds is 6. The number of ether oxygens (including phenoxy) is 1. The smallest absolute Gasteiger partial charge is 0.273 e. The van der Waals surface area contributed by atoms with E-state index in [0.29, 0.717) is 16.8 Å². The van der Waals surface area contributed by atoms with Crippen molar-refractivity contribution in [2.75, 3.05) is 20.3 Å². The summed E-state index contributed by atoms with van der Waals surface area (Å²) in [6.45, 7) is 2.46. The molecule has 31 heavy (non-hydrogen) atoms. The molecular formula is C23H20BrN3O3S. The average molecular weight is 498 g/mol. The lowest BCUT2D eigenvalue weighted by Crippen LogP contribution is -2.35. The van der Waals surface area contributed by atoms with E-state index in [1.165, 1.54) is 11.7 Å². The molecule has 0 unspecified atom stereocenters. The number of nitriles is 1. The maximum atomic E-state index is 13.4. The summed E-state index contributed by atoms with van der Waals surface area (Å²) in [5.41, 5.74) is 1.90. The van der Waals surface area contributed by atoms with Crippen molar-refractivity contribution in [1.29, 1.82) is 5.26 Å². The van der Waals surface area contributed by atoms with Crippen LogP contribution in [0, 0.1) is 18.3 Å². The summed E-state index contributed by atoms with van der Waals surface area (Å²) >= 11 is 4.61. The van der Waals surface area contributed by atoms with Gasteiger partial charge in [-0.15, -0.1) is 11.3 Å². The molecule has 3 aromatic rings. The van der Waals surface area contributed by atoms with Crippen LogP contribution in [0.5, 0.6) is 0 Å². The lowest BCUT2D eigenvalue weighted by molar-refractivity contribution is -0.115. The summed E-state index contributed by atoms with van der Waals surface area (Å²) in [4.78, 5) is 26.1. The Labute approximate surface area is 191 Å². The molecule has 3 rings (SSSR count). The van der Waals surface area contributed by atoms with Gasteiger partial charge in [-0.1, -0.05) is 52.3 Å². The Balaban J connectivity index is 2.34. The van der Waals surface area contributed by atoms with E-state index < -0.39 is 5.91 Å². The van der Waals surface area contributed by atoms with Crippen LogP contribution in [-0.4, -0.2) is 30.7 Å². The van der Waals surface area contributed by atoms with Gasteiger partial charge in [0.2, 0.25) is 0 Å². The van der Waals surface area contributed by atoms with Crippen LogP contribution in [0.25, 0.3) is 17.3 Å². The molecule has 0 aliphatic heterocycles. The SMILES string of the molecule is COCCNC(=O)/C(C#N)=c1\s/c(=C\c2ccccc2Br)c(=O)n1-c1ccccc1C. The van der Waals surface area contributed by atoms with E-state index in [-0.39, 0.29) is 22.3 Å². The molecule has 0 spiro atoms. The second-order valence-electron chi connectivity index (χ2n) is 6.60. The molecule has 8 heteroatoms. The third-order valence-electron chi connectivity index (χ3n) is 4.52. The normalized spacial score (nSPS) is 12.4. The minimum Gasteiger partial charge on any atom is -0.383 e. The van der Waals surface area contributed by atoms with Crippen molar-refractivity contribution in [3.63, 3.8) is 0 Å². The molecule has 1 aromatic heterocycles. The minimum atomic E-state index is -0.546. The van der Waals surface area contributed by atoms with Gasteiger partial charge in [-0.2, -0.15) is 5.26 Å². The number of benzene rings is 2. The molecule has 2 aromatic carbocycles. The molecule has 0 saturated carbocycles. The highest BCUT2D eigenvalue weighted by Gasteiger charge is 2.17. The highest BCUT2D eigenvalue weighted by Crippen LogP contribution is 2.16. The predicted octanol–water partition coefficient (Wildman–Crippen LogP) is 2.24. The summed E-state index contributed by atoms with van der Waals surface area (Å²) < 4.78 is 7.94. The van der Waals surface area contributed by atoms with Crippen molar-refractivity contribution in [2.24, 2.45) is 0 Å². The minimum absolute atomic E-state index is 0.117. The van der Waals surface area contributed by atoms with Crippen molar-refractivity contribution in [3.05, 3.63) is 83.7 Å². The molecule has 158 valence electrons. The largest absolute Gasteiger partial charge is 0.383 e. The van der Waals surface area contributed by atoms with E-state index in [2.05, 4.69) is 21.2 Å². The van der Waals surface area contributed by atoms with Crippen LogP contribution in [0.2, 0.25) is 0 Å². The molecule has 6 nitrogen and oxygen atoms in total. The Bertz CT molecular complexity index is 1340. The summed E-state index contributed by atoms with van der Waals surface area (Å²) in [6, 6.07) is 16.9. The summed E-state index contributed by atoms with van der Waals surface area (Å²) in [6.07, 6.45) is 1.76. The van der Waals surface area contributed by atoms with Gasteiger partial charge in [-0.3, -0.25) is 14.2 Å². The zero-order valence-corrected chi connectivity index (χ0v) is 19.4. The number of carbonyl (C=O) groups is 1. The Morgan fingerprint density at radius 1 is 1.26 bits per heavy atom. The van der Waals surface area contributed by atoms with E-state index >= 15 is 0 Å². The number of nitrogens with zero attached hydrogens (tertiary/aromatic N) is 2. The average Bonchev–Trinajstić information content (AvgIpc) is 3.06. The lowest BCUT2D eigenvalue weighted by atomic mass is 10.2. The molecule has 0 fully saturated rings. The fourth-order valence-corrected chi connectivity index (χ4v) is 4.45. The number of nitrogens with one attached hydrogen (secondary N) is 1. The number of carbonyl (C=O) groups excluding carboxylic acids is 1. The van der Waals surface area contributed by atoms with E-state index in [1.54, 1.807) is 12.1 Å². The van der Waals surface area contributed by atoms with Gasteiger partial charge in [0.25, 0.3) is 11.5 Å². The van der Waals surface area contributed by atoms with Crippen LogP contribution in [0.1, 0.15) is 11.1 Å². The fourth-order valence-electron chi connectivity index (χ4n) is 2.97. The number of hydrogen-bond donors (Lipinski definition) is 1. The van der Waals surface area contributed by atoms with E-state index in [4.69, 9.17) is 4.74 Å². The van der Waals surface area contributed by atoms with Gasteiger partial charge in [-0.05, 0) is 36.3 Å². The zero-order valence-electron chi connectivity index (χ0n) is 17.0. The van der Waals surface area contributed by atoms with E-state index in [0.717, 1.165) is 26.9 Å². The molecule has 1 heterocycles. The molecule has 0 aliphatic carbocycles. The maximum Gasteiger partial charge on any atom is 0.273 e. The van der Waals surface area contributed by atoms with Crippen molar-refractivity contribution < 1.29 is 9.53 Å². The van der Waals surface area contributed by atoms with Crippen LogP contribution >= 0.6 is 27.3 Å². The topological polar surface area (TPSA) is 84.1 Å². The number of para-hydroxylation sites is 1. The molecule has 0 radical (unpaired) electrons. The van der Waals surface area contributed by atoms with Crippen LogP contribution in [0.15, 0.2) is 57.8 Å². The number of amides is 1. The van der Waals surface area contributed by atoms with Gasteiger partial charge in [0.05, 0.1) is 16.8 Å². The highest BCUT2D eigenvalue weighted by atomic mass is 79.9. The van der Waals surface area contributed by atoms with Gasteiger partial charge in [0.15, 0.2) is 5.57 Å².